The first-order valence-electron chi connectivity index (χ1n) is 6.92. The molecule has 2 nitrogen and oxygen atoms in total. The normalized spacial score (nSPS) is 25.7. The van der Waals surface area contributed by atoms with Gasteiger partial charge < -0.3 is 10.6 Å². The summed E-state index contributed by atoms with van der Waals surface area (Å²) in [6.45, 7) is 6.14. The van der Waals surface area contributed by atoms with Crippen molar-refractivity contribution in [3.63, 3.8) is 0 Å². The van der Waals surface area contributed by atoms with Gasteiger partial charge in [-0.15, -0.1) is 0 Å². The van der Waals surface area contributed by atoms with Crippen molar-refractivity contribution >= 4 is 0 Å². The van der Waals surface area contributed by atoms with Crippen LogP contribution in [-0.4, -0.2) is 31.9 Å². The predicted octanol–water partition coefficient (Wildman–Crippen LogP) is 2.94. The zero-order chi connectivity index (χ0) is 13.6. The van der Waals surface area contributed by atoms with E-state index < -0.39 is 12.1 Å². The van der Waals surface area contributed by atoms with Gasteiger partial charge in [0.1, 0.15) is 0 Å². The molecule has 0 aromatic carbocycles. The molecule has 1 saturated carbocycles. The highest BCUT2D eigenvalue weighted by molar-refractivity contribution is 4.82. The molecule has 0 saturated heterocycles. The van der Waals surface area contributed by atoms with Crippen molar-refractivity contribution in [1.29, 1.82) is 0 Å². The van der Waals surface area contributed by atoms with Crippen molar-refractivity contribution in [3.8, 4) is 0 Å². The highest BCUT2D eigenvalue weighted by atomic mass is 19.4. The van der Waals surface area contributed by atoms with E-state index in [0.29, 0.717) is 25.4 Å². The Balaban J connectivity index is 2.26. The van der Waals surface area contributed by atoms with Crippen LogP contribution in [0.15, 0.2) is 0 Å². The first kappa shape index (κ1) is 15.8. The van der Waals surface area contributed by atoms with Crippen LogP contribution in [0.4, 0.5) is 13.2 Å². The van der Waals surface area contributed by atoms with Gasteiger partial charge in [0.25, 0.3) is 0 Å². The van der Waals surface area contributed by atoms with E-state index >= 15 is 0 Å². The molecule has 0 aromatic heterocycles. The molecule has 1 aliphatic rings. The molecule has 2 unspecified atom stereocenters. The number of halogens is 3. The second-order valence-electron chi connectivity index (χ2n) is 5.51. The summed E-state index contributed by atoms with van der Waals surface area (Å²) in [6.07, 6.45) is -1.36. The third-order valence-corrected chi connectivity index (χ3v) is 3.59. The van der Waals surface area contributed by atoms with Gasteiger partial charge in [-0.1, -0.05) is 26.7 Å². The Morgan fingerprint density at radius 3 is 2.39 bits per heavy atom. The van der Waals surface area contributed by atoms with Gasteiger partial charge in [-0.2, -0.15) is 13.2 Å². The van der Waals surface area contributed by atoms with Crippen LogP contribution in [0.1, 0.15) is 39.5 Å². The Morgan fingerprint density at radius 1 is 1.11 bits per heavy atom. The molecule has 2 atom stereocenters. The molecule has 0 heterocycles. The van der Waals surface area contributed by atoms with Gasteiger partial charge in [-0.05, 0) is 25.3 Å². The molecule has 0 aliphatic heterocycles. The zero-order valence-electron chi connectivity index (χ0n) is 11.3. The second-order valence-corrected chi connectivity index (χ2v) is 5.51. The lowest BCUT2D eigenvalue weighted by Crippen LogP contribution is -2.40. The van der Waals surface area contributed by atoms with Gasteiger partial charge in [0.2, 0.25) is 0 Å². The van der Waals surface area contributed by atoms with E-state index in [1.54, 1.807) is 0 Å². The molecule has 0 bridgehead atoms. The van der Waals surface area contributed by atoms with Crippen LogP contribution < -0.4 is 10.6 Å². The molecule has 0 spiro atoms. The van der Waals surface area contributed by atoms with Crippen LogP contribution in [0.3, 0.4) is 0 Å². The zero-order valence-corrected chi connectivity index (χ0v) is 11.3. The molecule has 18 heavy (non-hydrogen) atoms. The molecule has 0 radical (unpaired) electrons. The van der Waals surface area contributed by atoms with Gasteiger partial charge in [0, 0.05) is 19.1 Å². The van der Waals surface area contributed by atoms with E-state index in [1.807, 2.05) is 0 Å². The second kappa shape index (κ2) is 7.34. The molecular weight excluding hydrogens is 241 g/mol. The Labute approximate surface area is 108 Å². The average Bonchev–Trinajstić information content (AvgIpc) is 2.27. The van der Waals surface area contributed by atoms with E-state index in [0.717, 1.165) is 25.9 Å². The third kappa shape index (κ3) is 5.57. The number of rotatable bonds is 6. The smallest absolute Gasteiger partial charge is 0.315 e. The van der Waals surface area contributed by atoms with Crippen molar-refractivity contribution in [1.82, 2.24) is 10.6 Å². The molecule has 0 aromatic rings. The Kier molecular flexibility index (Phi) is 6.43. The number of hydrogen-bond acceptors (Lipinski definition) is 2. The summed E-state index contributed by atoms with van der Waals surface area (Å²) < 4.78 is 38.5. The van der Waals surface area contributed by atoms with Crippen LogP contribution in [0.5, 0.6) is 0 Å². The van der Waals surface area contributed by atoms with Crippen LogP contribution >= 0.6 is 0 Å². The quantitative estimate of drug-likeness (QED) is 0.722. The number of nitrogens with one attached hydrogen (secondary N) is 2. The van der Waals surface area contributed by atoms with Crippen molar-refractivity contribution in [3.05, 3.63) is 0 Å². The molecule has 1 rings (SSSR count). The number of hydrogen-bond donors (Lipinski definition) is 2. The summed E-state index contributed by atoms with van der Waals surface area (Å²) >= 11 is 0. The Bertz CT molecular complexity index is 229. The maximum Gasteiger partial charge on any atom is 0.392 e. The van der Waals surface area contributed by atoms with E-state index in [-0.39, 0.29) is 5.92 Å². The van der Waals surface area contributed by atoms with Gasteiger partial charge in [0.15, 0.2) is 0 Å². The molecular formula is C13H25F3N2. The summed E-state index contributed by atoms with van der Waals surface area (Å²) in [6, 6.07) is 0.421. The summed E-state index contributed by atoms with van der Waals surface area (Å²) in [5.74, 6) is -1.34. The van der Waals surface area contributed by atoms with Gasteiger partial charge >= 0.3 is 6.18 Å². The summed E-state index contributed by atoms with van der Waals surface area (Å²) in [4.78, 5) is 0. The molecule has 108 valence electrons. The Hall–Kier alpha value is -0.290. The van der Waals surface area contributed by atoms with Gasteiger partial charge in [0.05, 0.1) is 5.92 Å². The lowest BCUT2D eigenvalue weighted by molar-refractivity contribution is -0.195. The monoisotopic (exact) mass is 266 g/mol. The van der Waals surface area contributed by atoms with Crippen molar-refractivity contribution in [2.24, 2.45) is 11.8 Å². The third-order valence-electron chi connectivity index (χ3n) is 3.59. The maximum absolute atomic E-state index is 12.8. The number of alkyl halides is 3. The van der Waals surface area contributed by atoms with Crippen LogP contribution in [0, 0.1) is 11.8 Å². The minimum Gasteiger partial charge on any atom is -0.315 e. The van der Waals surface area contributed by atoms with Crippen molar-refractivity contribution < 1.29 is 13.2 Å². The van der Waals surface area contributed by atoms with Crippen LogP contribution in [-0.2, 0) is 0 Å². The minimum atomic E-state index is -4.02. The standard InChI is InChI=1S/C13H25F3N2/c1-10(2)18-8-7-17-9-11-5-3-4-6-12(11)13(14,15)16/h10-12,17-18H,3-9H2,1-2H3. The topological polar surface area (TPSA) is 24.1 Å². The lowest BCUT2D eigenvalue weighted by atomic mass is 9.79. The molecule has 1 aliphatic carbocycles. The maximum atomic E-state index is 12.8. The predicted molar refractivity (Wildman–Crippen MR) is 67.5 cm³/mol. The van der Waals surface area contributed by atoms with E-state index in [4.69, 9.17) is 0 Å². The largest absolute Gasteiger partial charge is 0.392 e. The average molecular weight is 266 g/mol. The molecule has 0 amide bonds. The van der Waals surface area contributed by atoms with Crippen LogP contribution in [0.25, 0.3) is 0 Å². The first-order valence-corrected chi connectivity index (χ1v) is 6.92. The molecule has 5 heteroatoms. The van der Waals surface area contributed by atoms with Crippen molar-refractivity contribution in [2.75, 3.05) is 19.6 Å². The minimum absolute atomic E-state index is 0.238. The van der Waals surface area contributed by atoms with E-state index in [1.165, 1.54) is 0 Å². The van der Waals surface area contributed by atoms with Gasteiger partial charge in [-0.3, -0.25) is 0 Å². The molecule has 1 fully saturated rings. The highest BCUT2D eigenvalue weighted by Gasteiger charge is 2.44. The van der Waals surface area contributed by atoms with Crippen molar-refractivity contribution in [2.45, 2.75) is 51.7 Å². The SMILES string of the molecule is CC(C)NCCNCC1CCCCC1C(F)(F)F. The lowest BCUT2D eigenvalue weighted by Gasteiger charge is -2.33. The summed E-state index contributed by atoms with van der Waals surface area (Å²) in [5, 5.41) is 6.39. The Morgan fingerprint density at radius 2 is 1.78 bits per heavy atom. The fraction of sp³-hybridized carbons (Fsp3) is 1.00. The highest BCUT2D eigenvalue weighted by Crippen LogP contribution is 2.41. The summed E-state index contributed by atoms with van der Waals surface area (Å²) in [7, 11) is 0. The molecule has 2 N–H and O–H groups in total. The summed E-state index contributed by atoms with van der Waals surface area (Å²) in [5.41, 5.74) is 0. The van der Waals surface area contributed by atoms with E-state index in [2.05, 4.69) is 24.5 Å². The van der Waals surface area contributed by atoms with E-state index in [9.17, 15) is 13.2 Å². The fourth-order valence-electron chi connectivity index (χ4n) is 2.62. The van der Waals surface area contributed by atoms with Gasteiger partial charge in [-0.25, -0.2) is 0 Å². The fourth-order valence-corrected chi connectivity index (χ4v) is 2.62. The first-order chi connectivity index (χ1) is 8.41. The van der Waals surface area contributed by atoms with Crippen LogP contribution in [0.2, 0.25) is 0 Å².